The molecule has 2 fully saturated rings. The summed E-state index contributed by atoms with van der Waals surface area (Å²) in [4.78, 5) is 2.69. The molecular weight excluding hydrogens is 160 g/mol. The van der Waals surface area contributed by atoms with Gasteiger partial charge in [-0.05, 0) is 38.8 Å². The summed E-state index contributed by atoms with van der Waals surface area (Å²) in [6, 6.07) is 1.68. The maximum Gasteiger partial charge on any atom is 0.0249 e. The Bertz CT molecular complexity index is 158. The Balaban J connectivity index is 1.84. The lowest BCUT2D eigenvalue weighted by Crippen LogP contribution is -2.45. The van der Waals surface area contributed by atoms with Gasteiger partial charge in [-0.1, -0.05) is 13.3 Å². The average Bonchev–Trinajstić information content (AvgIpc) is 2.58. The van der Waals surface area contributed by atoms with Crippen molar-refractivity contribution < 1.29 is 0 Å². The first-order chi connectivity index (χ1) is 6.42. The minimum Gasteiger partial charge on any atom is -0.312 e. The summed E-state index contributed by atoms with van der Waals surface area (Å²) in [6.45, 7) is 6.15. The van der Waals surface area contributed by atoms with E-state index in [1.54, 1.807) is 0 Å². The molecule has 0 saturated carbocycles. The van der Waals surface area contributed by atoms with E-state index in [1.165, 1.54) is 51.7 Å². The van der Waals surface area contributed by atoms with Crippen LogP contribution in [0.1, 0.15) is 39.0 Å². The first-order valence-corrected chi connectivity index (χ1v) is 5.89. The molecule has 2 saturated heterocycles. The molecule has 76 valence electrons. The molecule has 2 aliphatic rings. The maximum absolute atomic E-state index is 3.69. The fraction of sp³-hybridized carbons (Fsp3) is 1.00. The van der Waals surface area contributed by atoms with Crippen molar-refractivity contribution in [1.82, 2.24) is 10.2 Å². The number of rotatable bonds is 3. The third-order valence-electron chi connectivity index (χ3n) is 3.51. The van der Waals surface area contributed by atoms with Crippen molar-refractivity contribution in [2.45, 2.75) is 51.1 Å². The van der Waals surface area contributed by atoms with Crippen molar-refractivity contribution in [3.63, 3.8) is 0 Å². The predicted octanol–water partition coefficient (Wildman–Crippen LogP) is 1.61. The van der Waals surface area contributed by atoms with Crippen molar-refractivity contribution in [1.29, 1.82) is 0 Å². The van der Waals surface area contributed by atoms with Crippen molar-refractivity contribution in [2.24, 2.45) is 0 Å². The van der Waals surface area contributed by atoms with Crippen molar-refractivity contribution in [3.05, 3.63) is 0 Å². The van der Waals surface area contributed by atoms with Crippen LogP contribution in [-0.4, -0.2) is 36.6 Å². The summed E-state index contributed by atoms with van der Waals surface area (Å²) in [7, 11) is 0. The quantitative estimate of drug-likeness (QED) is 0.713. The minimum absolute atomic E-state index is 0.806. The van der Waals surface area contributed by atoms with E-state index in [0.29, 0.717) is 0 Å². The van der Waals surface area contributed by atoms with E-state index >= 15 is 0 Å². The topological polar surface area (TPSA) is 15.3 Å². The Kier molecular flexibility index (Phi) is 3.23. The highest BCUT2D eigenvalue weighted by Crippen LogP contribution is 2.26. The summed E-state index contributed by atoms with van der Waals surface area (Å²) in [5.74, 6) is 0. The summed E-state index contributed by atoms with van der Waals surface area (Å²) in [6.07, 6.45) is 6.96. The normalized spacial score (nSPS) is 34.8. The van der Waals surface area contributed by atoms with Gasteiger partial charge in [-0.25, -0.2) is 0 Å². The molecule has 0 amide bonds. The van der Waals surface area contributed by atoms with Gasteiger partial charge in [0.25, 0.3) is 0 Å². The Morgan fingerprint density at radius 3 is 3.00 bits per heavy atom. The Hall–Kier alpha value is -0.0800. The molecule has 0 spiro atoms. The van der Waals surface area contributed by atoms with Gasteiger partial charge in [-0.15, -0.1) is 0 Å². The molecule has 2 unspecified atom stereocenters. The molecule has 1 N–H and O–H groups in total. The summed E-state index contributed by atoms with van der Waals surface area (Å²) in [5, 5.41) is 3.69. The molecule has 2 nitrogen and oxygen atoms in total. The van der Waals surface area contributed by atoms with E-state index in [2.05, 4.69) is 17.1 Å². The fourth-order valence-electron chi connectivity index (χ4n) is 2.82. The lowest BCUT2D eigenvalue weighted by molar-refractivity contribution is 0.180. The van der Waals surface area contributed by atoms with E-state index in [4.69, 9.17) is 0 Å². The van der Waals surface area contributed by atoms with Crippen LogP contribution in [0.2, 0.25) is 0 Å². The molecule has 0 aromatic carbocycles. The van der Waals surface area contributed by atoms with E-state index in [0.717, 1.165) is 12.1 Å². The Morgan fingerprint density at radius 1 is 1.23 bits per heavy atom. The van der Waals surface area contributed by atoms with Crippen LogP contribution in [-0.2, 0) is 0 Å². The van der Waals surface area contributed by atoms with Crippen LogP contribution in [0.25, 0.3) is 0 Å². The molecule has 0 bridgehead atoms. The third-order valence-corrected chi connectivity index (χ3v) is 3.51. The molecule has 2 rings (SSSR count). The highest BCUT2D eigenvalue weighted by molar-refractivity contribution is 4.93. The van der Waals surface area contributed by atoms with Crippen LogP contribution in [0.4, 0.5) is 0 Å². The van der Waals surface area contributed by atoms with Gasteiger partial charge in [0.2, 0.25) is 0 Å². The molecular formula is C11H22N2. The standard InChI is InChI=1S/C11H22N2/c1-2-7-12-10-6-9-13-8-4-3-5-11(10)13/h10-12H,2-9H2,1H3. The van der Waals surface area contributed by atoms with Gasteiger partial charge in [0.1, 0.15) is 0 Å². The zero-order valence-corrected chi connectivity index (χ0v) is 8.76. The smallest absolute Gasteiger partial charge is 0.0249 e. The fourth-order valence-corrected chi connectivity index (χ4v) is 2.82. The number of piperidine rings is 1. The number of hydrogen-bond donors (Lipinski definition) is 1. The van der Waals surface area contributed by atoms with Crippen molar-refractivity contribution >= 4 is 0 Å². The second kappa shape index (κ2) is 4.43. The number of nitrogens with zero attached hydrogens (tertiary/aromatic N) is 1. The Morgan fingerprint density at radius 2 is 2.15 bits per heavy atom. The van der Waals surface area contributed by atoms with Crippen molar-refractivity contribution in [3.8, 4) is 0 Å². The SMILES string of the molecule is CCCNC1CCN2CCCCC12. The van der Waals surface area contributed by atoms with E-state index in [1.807, 2.05) is 0 Å². The van der Waals surface area contributed by atoms with Gasteiger partial charge in [0, 0.05) is 18.6 Å². The first-order valence-electron chi connectivity index (χ1n) is 5.89. The van der Waals surface area contributed by atoms with E-state index in [-0.39, 0.29) is 0 Å². The van der Waals surface area contributed by atoms with Gasteiger partial charge in [-0.2, -0.15) is 0 Å². The molecule has 2 atom stereocenters. The predicted molar refractivity (Wildman–Crippen MR) is 55.9 cm³/mol. The highest BCUT2D eigenvalue weighted by Gasteiger charge is 2.34. The summed E-state index contributed by atoms with van der Waals surface area (Å²) >= 11 is 0. The van der Waals surface area contributed by atoms with Crippen LogP contribution in [0, 0.1) is 0 Å². The molecule has 0 aliphatic carbocycles. The zero-order chi connectivity index (χ0) is 9.10. The first kappa shape index (κ1) is 9.47. The molecule has 0 aromatic heterocycles. The number of nitrogens with one attached hydrogen (secondary N) is 1. The van der Waals surface area contributed by atoms with E-state index in [9.17, 15) is 0 Å². The molecule has 2 heterocycles. The van der Waals surface area contributed by atoms with Gasteiger partial charge in [-0.3, -0.25) is 4.90 Å². The van der Waals surface area contributed by atoms with Crippen LogP contribution < -0.4 is 5.32 Å². The molecule has 2 aliphatic heterocycles. The van der Waals surface area contributed by atoms with E-state index < -0.39 is 0 Å². The lowest BCUT2D eigenvalue weighted by Gasteiger charge is -2.32. The van der Waals surface area contributed by atoms with Crippen LogP contribution >= 0.6 is 0 Å². The van der Waals surface area contributed by atoms with Crippen molar-refractivity contribution in [2.75, 3.05) is 19.6 Å². The number of hydrogen-bond acceptors (Lipinski definition) is 2. The third kappa shape index (κ3) is 2.05. The Labute approximate surface area is 81.7 Å². The van der Waals surface area contributed by atoms with Gasteiger partial charge < -0.3 is 5.32 Å². The summed E-state index contributed by atoms with van der Waals surface area (Å²) < 4.78 is 0. The second-order valence-corrected chi connectivity index (χ2v) is 4.45. The van der Waals surface area contributed by atoms with Gasteiger partial charge in [0.05, 0.1) is 0 Å². The van der Waals surface area contributed by atoms with Gasteiger partial charge >= 0.3 is 0 Å². The largest absolute Gasteiger partial charge is 0.312 e. The second-order valence-electron chi connectivity index (χ2n) is 4.45. The van der Waals surface area contributed by atoms with Crippen LogP contribution in [0.15, 0.2) is 0 Å². The molecule has 0 aromatic rings. The minimum atomic E-state index is 0.806. The number of fused-ring (bicyclic) bond motifs is 1. The maximum atomic E-state index is 3.69. The molecule has 13 heavy (non-hydrogen) atoms. The molecule has 2 heteroatoms. The zero-order valence-electron chi connectivity index (χ0n) is 8.76. The lowest BCUT2D eigenvalue weighted by atomic mass is 9.99. The van der Waals surface area contributed by atoms with Crippen LogP contribution in [0.3, 0.4) is 0 Å². The van der Waals surface area contributed by atoms with Crippen LogP contribution in [0.5, 0.6) is 0 Å². The average molecular weight is 182 g/mol. The summed E-state index contributed by atoms with van der Waals surface area (Å²) in [5.41, 5.74) is 0. The monoisotopic (exact) mass is 182 g/mol. The van der Waals surface area contributed by atoms with Gasteiger partial charge in [0.15, 0.2) is 0 Å². The molecule has 0 radical (unpaired) electrons. The highest BCUT2D eigenvalue weighted by atomic mass is 15.2.